The minimum atomic E-state index is -0.427. The number of esters is 1. The van der Waals surface area contributed by atoms with E-state index in [9.17, 15) is 9.59 Å². The van der Waals surface area contributed by atoms with Crippen LogP contribution in [0, 0.1) is 22.7 Å². The van der Waals surface area contributed by atoms with Crippen molar-refractivity contribution in [1.29, 1.82) is 5.26 Å². The van der Waals surface area contributed by atoms with Crippen molar-refractivity contribution in [3.05, 3.63) is 16.0 Å². The minimum Gasteiger partial charge on any atom is -0.465 e. The maximum atomic E-state index is 12.2. The molecule has 0 aliphatic heterocycles. The third kappa shape index (κ3) is 3.73. The SMILES string of the molecule is COC(=O)c1c(NC(=O)CC#N)sc2c1CC[C@H](C(C)(C)C)C2. The number of thiophene rings is 1. The molecule has 0 unspecified atom stereocenters. The zero-order valence-corrected chi connectivity index (χ0v) is 14.8. The molecule has 5 nitrogen and oxygen atoms in total. The summed E-state index contributed by atoms with van der Waals surface area (Å²) in [4.78, 5) is 25.0. The molecular formula is C17H22N2O3S. The van der Waals surface area contributed by atoms with E-state index in [0.717, 1.165) is 29.7 Å². The fourth-order valence-corrected chi connectivity index (χ4v) is 4.31. The van der Waals surface area contributed by atoms with Crippen molar-refractivity contribution in [1.82, 2.24) is 0 Å². The zero-order chi connectivity index (χ0) is 17.2. The smallest absolute Gasteiger partial charge is 0.341 e. The van der Waals surface area contributed by atoms with Crippen molar-refractivity contribution in [2.45, 2.75) is 46.5 Å². The van der Waals surface area contributed by atoms with Crippen LogP contribution in [0.15, 0.2) is 0 Å². The van der Waals surface area contributed by atoms with Gasteiger partial charge in [-0.3, -0.25) is 4.79 Å². The molecule has 6 heteroatoms. The summed E-state index contributed by atoms with van der Waals surface area (Å²) in [7, 11) is 1.34. The molecule has 0 bridgehead atoms. The van der Waals surface area contributed by atoms with E-state index in [1.165, 1.54) is 18.4 Å². The number of hydrogen-bond donors (Lipinski definition) is 1. The third-order valence-corrected chi connectivity index (χ3v) is 5.54. The van der Waals surface area contributed by atoms with Gasteiger partial charge in [0, 0.05) is 4.88 Å². The molecule has 124 valence electrons. The molecule has 0 spiro atoms. The highest BCUT2D eigenvalue weighted by Crippen LogP contribution is 2.44. The fourth-order valence-electron chi connectivity index (χ4n) is 2.97. The number of ether oxygens (including phenoxy) is 1. The molecule has 0 aromatic carbocycles. The lowest BCUT2D eigenvalue weighted by Crippen LogP contribution is -2.26. The Morgan fingerprint density at radius 2 is 2.13 bits per heavy atom. The number of nitriles is 1. The van der Waals surface area contributed by atoms with Gasteiger partial charge in [0.1, 0.15) is 11.4 Å². The maximum Gasteiger partial charge on any atom is 0.341 e. The number of fused-ring (bicyclic) bond motifs is 1. The first-order valence-electron chi connectivity index (χ1n) is 7.67. The molecule has 1 atom stereocenters. The van der Waals surface area contributed by atoms with E-state index in [1.54, 1.807) is 0 Å². The van der Waals surface area contributed by atoms with Gasteiger partial charge in [0.25, 0.3) is 0 Å². The summed E-state index contributed by atoms with van der Waals surface area (Å²) in [6.07, 6.45) is 2.50. The molecule has 2 rings (SSSR count). The van der Waals surface area contributed by atoms with Crippen molar-refractivity contribution in [2.75, 3.05) is 12.4 Å². The highest BCUT2D eigenvalue weighted by molar-refractivity contribution is 7.17. The van der Waals surface area contributed by atoms with Crippen LogP contribution >= 0.6 is 11.3 Å². The first-order chi connectivity index (χ1) is 10.8. The Balaban J connectivity index is 2.37. The summed E-state index contributed by atoms with van der Waals surface area (Å²) in [5.74, 6) is -0.283. The van der Waals surface area contributed by atoms with Gasteiger partial charge in [0.2, 0.25) is 5.91 Å². The largest absolute Gasteiger partial charge is 0.465 e. The highest BCUT2D eigenvalue weighted by atomic mass is 32.1. The molecular weight excluding hydrogens is 312 g/mol. The van der Waals surface area contributed by atoms with E-state index < -0.39 is 11.9 Å². The van der Waals surface area contributed by atoms with Crippen molar-refractivity contribution in [3.8, 4) is 6.07 Å². The second-order valence-electron chi connectivity index (χ2n) is 6.89. The number of amides is 1. The standard InChI is InChI=1S/C17H22N2O3S/c1-17(2,3)10-5-6-11-12(9-10)23-15(14(11)16(21)22-4)19-13(20)7-8-18/h10H,5-7,9H2,1-4H3,(H,19,20)/t10-/m0/s1. The van der Waals surface area contributed by atoms with Gasteiger partial charge in [0.05, 0.1) is 18.7 Å². The van der Waals surface area contributed by atoms with Crippen molar-refractivity contribution in [2.24, 2.45) is 11.3 Å². The lowest BCUT2D eigenvalue weighted by molar-refractivity contribution is -0.115. The Labute approximate surface area is 140 Å². The highest BCUT2D eigenvalue weighted by Gasteiger charge is 2.34. The number of methoxy groups -OCH3 is 1. The maximum absolute atomic E-state index is 12.2. The van der Waals surface area contributed by atoms with Crippen LogP contribution in [-0.2, 0) is 22.4 Å². The number of carbonyl (C=O) groups is 2. The topological polar surface area (TPSA) is 79.2 Å². The molecule has 0 fully saturated rings. The molecule has 0 saturated heterocycles. The van der Waals surface area contributed by atoms with Crippen LogP contribution in [0.4, 0.5) is 5.00 Å². The van der Waals surface area contributed by atoms with E-state index in [-0.39, 0.29) is 11.8 Å². The first kappa shape index (κ1) is 17.5. The molecule has 1 aliphatic carbocycles. The van der Waals surface area contributed by atoms with Gasteiger partial charge in [-0.25, -0.2) is 4.79 Å². The fraction of sp³-hybridized carbons (Fsp3) is 0.588. The lowest BCUT2D eigenvalue weighted by Gasteiger charge is -2.33. The summed E-state index contributed by atoms with van der Waals surface area (Å²) >= 11 is 1.44. The average molecular weight is 334 g/mol. The van der Waals surface area contributed by atoms with Crippen LogP contribution in [0.25, 0.3) is 0 Å². The molecule has 1 heterocycles. The van der Waals surface area contributed by atoms with Crippen LogP contribution < -0.4 is 5.32 Å². The Morgan fingerprint density at radius 1 is 1.43 bits per heavy atom. The third-order valence-electron chi connectivity index (χ3n) is 4.37. The lowest BCUT2D eigenvalue weighted by atomic mass is 9.72. The molecule has 1 aliphatic rings. The van der Waals surface area contributed by atoms with Crippen molar-refractivity contribution < 1.29 is 14.3 Å². The Morgan fingerprint density at radius 3 is 2.70 bits per heavy atom. The van der Waals surface area contributed by atoms with E-state index in [2.05, 4.69) is 26.1 Å². The predicted octanol–water partition coefficient (Wildman–Crippen LogP) is 3.54. The quantitative estimate of drug-likeness (QED) is 0.858. The summed E-state index contributed by atoms with van der Waals surface area (Å²) in [5.41, 5.74) is 1.66. The normalized spacial score (nSPS) is 17.1. The second-order valence-corrected chi connectivity index (χ2v) is 7.99. The van der Waals surface area contributed by atoms with Gasteiger partial charge in [-0.1, -0.05) is 20.8 Å². The number of rotatable bonds is 3. The van der Waals surface area contributed by atoms with Crippen LogP contribution in [0.3, 0.4) is 0 Å². The monoisotopic (exact) mass is 334 g/mol. The number of nitrogens with zero attached hydrogens (tertiary/aromatic N) is 1. The summed E-state index contributed by atoms with van der Waals surface area (Å²) < 4.78 is 4.89. The number of anilines is 1. The Kier molecular flexibility index (Phi) is 5.10. The first-order valence-corrected chi connectivity index (χ1v) is 8.49. The van der Waals surface area contributed by atoms with Crippen molar-refractivity contribution >= 4 is 28.2 Å². The van der Waals surface area contributed by atoms with Gasteiger partial charge in [-0.15, -0.1) is 11.3 Å². The van der Waals surface area contributed by atoms with Gasteiger partial charge in [-0.05, 0) is 36.2 Å². The number of carbonyl (C=O) groups excluding carboxylic acids is 2. The van der Waals surface area contributed by atoms with Crippen LogP contribution in [0.5, 0.6) is 0 Å². The van der Waals surface area contributed by atoms with Gasteiger partial charge < -0.3 is 10.1 Å². The van der Waals surface area contributed by atoms with Gasteiger partial charge >= 0.3 is 5.97 Å². The summed E-state index contributed by atoms with van der Waals surface area (Å²) in [6.45, 7) is 6.69. The Bertz CT molecular complexity index is 665. The van der Waals surface area contributed by atoms with E-state index in [1.807, 2.05) is 6.07 Å². The van der Waals surface area contributed by atoms with E-state index in [0.29, 0.717) is 16.5 Å². The van der Waals surface area contributed by atoms with E-state index in [4.69, 9.17) is 10.00 Å². The molecule has 1 aromatic rings. The average Bonchev–Trinajstić information content (AvgIpc) is 2.82. The Hall–Kier alpha value is -1.87. The molecule has 23 heavy (non-hydrogen) atoms. The summed E-state index contributed by atoms with van der Waals surface area (Å²) in [6, 6.07) is 1.82. The van der Waals surface area contributed by atoms with Gasteiger partial charge in [0.15, 0.2) is 0 Å². The molecule has 0 radical (unpaired) electrons. The number of hydrogen-bond acceptors (Lipinski definition) is 5. The second kappa shape index (κ2) is 6.71. The minimum absolute atomic E-state index is 0.206. The molecule has 1 aromatic heterocycles. The summed E-state index contributed by atoms with van der Waals surface area (Å²) in [5, 5.41) is 11.8. The number of nitrogens with one attached hydrogen (secondary N) is 1. The van der Waals surface area contributed by atoms with Crippen LogP contribution in [-0.4, -0.2) is 19.0 Å². The van der Waals surface area contributed by atoms with E-state index >= 15 is 0 Å². The zero-order valence-electron chi connectivity index (χ0n) is 14.0. The van der Waals surface area contributed by atoms with Crippen LogP contribution in [0.2, 0.25) is 0 Å². The molecule has 0 saturated carbocycles. The van der Waals surface area contributed by atoms with Crippen molar-refractivity contribution in [3.63, 3.8) is 0 Å². The molecule has 1 N–H and O–H groups in total. The predicted molar refractivity (Wildman–Crippen MR) is 89.5 cm³/mol. The molecule has 1 amide bonds. The van der Waals surface area contributed by atoms with Gasteiger partial charge in [-0.2, -0.15) is 5.26 Å². The van der Waals surface area contributed by atoms with Crippen LogP contribution in [0.1, 0.15) is 54.4 Å².